The van der Waals surface area contributed by atoms with E-state index in [-0.39, 0.29) is 6.04 Å². The summed E-state index contributed by atoms with van der Waals surface area (Å²) in [5.74, 6) is 0. The van der Waals surface area contributed by atoms with E-state index in [0.29, 0.717) is 6.54 Å². The van der Waals surface area contributed by atoms with Crippen molar-refractivity contribution in [3.8, 4) is 0 Å². The number of unbranched alkanes of at least 4 members (excludes halogenated alkanes) is 4. The second-order valence-electron chi connectivity index (χ2n) is 5.50. The number of hydrogen-bond donors (Lipinski definition) is 0. The Hall–Kier alpha value is -0.640. The van der Waals surface area contributed by atoms with Crippen LogP contribution in [0.25, 0.3) is 0 Å². The fraction of sp³-hybridized carbons (Fsp3) is 0.867. The van der Waals surface area contributed by atoms with E-state index in [9.17, 15) is 8.42 Å². The number of hydrogen-bond acceptors (Lipinski definition) is 2. The summed E-state index contributed by atoms with van der Waals surface area (Å²) in [5, 5.41) is 0. The summed E-state index contributed by atoms with van der Waals surface area (Å²) in [4.78, 5) is 0. The molecule has 0 bridgehead atoms. The predicted molar refractivity (Wildman–Crippen MR) is 78.8 cm³/mol. The third-order valence-electron chi connectivity index (χ3n) is 3.88. The Balaban J connectivity index is 2.59. The van der Waals surface area contributed by atoms with E-state index in [2.05, 4.69) is 19.9 Å². The largest absolute Gasteiger partial charge is 0.459 e. The van der Waals surface area contributed by atoms with Crippen LogP contribution in [0, 0.1) is 0 Å². The van der Waals surface area contributed by atoms with Crippen molar-refractivity contribution >= 4 is 10.5 Å². The Morgan fingerprint density at radius 3 is 2.47 bits per heavy atom. The van der Waals surface area contributed by atoms with Crippen LogP contribution in [0.15, 0.2) is 11.6 Å². The van der Waals surface area contributed by atoms with Crippen molar-refractivity contribution in [2.24, 2.45) is 0 Å². The van der Waals surface area contributed by atoms with Crippen LogP contribution in [0.1, 0.15) is 71.6 Å². The quantitative estimate of drug-likeness (QED) is 0.385. The zero-order valence-electron chi connectivity index (χ0n) is 12.4. The molecule has 0 fully saturated rings. The van der Waals surface area contributed by atoms with Gasteiger partial charge in [0.05, 0.1) is 0 Å². The normalized spacial score (nSPS) is 19.4. The van der Waals surface area contributed by atoms with Crippen LogP contribution < -0.4 is 0 Å². The summed E-state index contributed by atoms with van der Waals surface area (Å²) in [6.07, 6.45) is 12.4. The van der Waals surface area contributed by atoms with Gasteiger partial charge in [-0.25, -0.2) is 0 Å². The van der Waals surface area contributed by atoms with E-state index >= 15 is 0 Å². The maximum Gasteiger partial charge on any atom is 0.459 e. The lowest BCUT2D eigenvalue weighted by molar-refractivity contribution is -0.540. The molecule has 19 heavy (non-hydrogen) atoms. The summed E-state index contributed by atoms with van der Waals surface area (Å²) in [5.41, 5.74) is 1.31. The Labute approximate surface area is 119 Å². The molecule has 1 atom stereocenters. The summed E-state index contributed by atoms with van der Waals surface area (Å²) < 4.78 is 24.4. The lowest BCUT2D eigenvalue weighted by Gasteiger charge is -2.17. The lowest BCUT2D eigenvalue weighted by atomic mass is 9.97. The van der Waals surface area contributed by atoms with Crippen LogP contribution in [0.2, 0.25) is 0 Å². The van der Waals surface area contributed by atoms with E-state index < -0.39 is 10.5 Å². The molecule has 0 aliphatic carbocycles. The van der Waals surface area contributed by atoms with Gasteiger partial charge in [0.2, 0.25) is 0 Å². The molecule has 110 valence electrons. The molecule has 1 unspecified atom stereocenters. The first-order chi connectivity index (χ1) is 9.19. The maximum absolute atomic E-state index is 11.4. The molecule has 1 aliphatic heterocycles. The second-order valence-corrected chi connectivity index (χ2v) is 6.40. The summed E-state index contributed by atoms with van der Waals surface area (Å²) >= 11 is 0. The van der Waals surface area contributed by atoms with Crippen LogP contribution in [0.5, 0.6) is 0 Å². The van der Waals surface area contributed by atoms with Crippen molar-refractivity contribution in [1.29, 1.82) is 0 Å². The third kappa shape index (κ3) is 5.89. The minimum atomic E-state index is -2.07. The average Bonchev–Trinajstić information content (AvgIpc) is 2.40. The van der Waals surface area contributed by atoms with Crippen molar-refractivity contribution in [2.75, 3.05) is 6.54 Å². The van der Waals surface area contributed by atoms with E-state index in [1.807, 2.05) is 0 Å². The van der Waals surface area contributed by atoms with Gasteiger partial charge in [0.25, 0.3) is 0 Å². The molecule has 0 aromatic heterocycles. The lowest BCUT2D eigenvalue weighted by Crippen LogP contribution is -2.31. The zero-order valence-corrected chi connectivity index (χ0v) is 13.2. The number of rotatable bonds is 8. The molecule has 0 N–H and O–H groups in total. The second kappa shape index (κ2) is 9.29. The molecule has 4 heteroatoms. The van der Waals surface area contributed by atoms with Crippen molar-refractivity contribution in [2.45, 2.75) is 77.7 Å². The molecular formula is C15H28NO2S+. The molecule has 0 aromatic rings. The van der Waals surface area contributed by atoms with Crippen LogP contribution in [0.4, 0.5) is 0 Å². The minimum absolute atomic E-state index is 0.194. The monoisotopic (exact) mass is 286 g/mol. The molecule has 3 nitrogen and oxygen atoms in total. The van der Waals surface area contributed by atoms with Gasteiger partial charge in [-0.15, -0.1) is 12.4 Å². The molecule has 1 rings (SSSR count). The molecule has 0 saturated carbocycles. The first-order valence-electron chi connectivity index (χ1n) is 7.73. The Bertz CT molecular complexity index is 415. The highest BCUT2D eigenvalue weighted by atomic mass is 32.2. The summed E-state index contributed by atoms with van der Waals surface area (Å²) in [6, 6.07) is 0.194. The highest BCUT2D eigenvalue weighted by Crippen LogP contribution is 2.21. The molecular weight excluding hydrogens is 258 g/mol. The third-order valence-corrected chi connectivity index (χ3v) is 4.69. The van der Waals surface area contributed by atoms with Crippen LogP contribution in [-0.2, 0) is 10.5 Å². The van der Waals surface area contributed by atoms with Crippen molar-refractivity contribution in [3.05, 3.63) is 11.6 Å². The Kier molecular flexibility index (Phi) is 8.03. The van der Waals surface area contributed by atoms with E-state index in [1.165, 1.54) is 37.7 Å². The van der Waals surface area contributed by atoms with Crippen molar-refractivity contribution in [3.63, 3.8) is 0 Å². The van der Waals surface area contributed by atoms with Crippen LogP contribution in [-0.4, -0.2) is 25.0 Å². The molecule has 0 radical (unpaired) electrons. The predicted octanol–water partition coefficient (Wildman–Crippen LogP) is 3.92. The van der Waals surface area contributed by atoms with Gasteiger partial charge in [-0.1, -0.05) is 45.6 Å². The van der Waals surface area contributed by atoms with Gasteiger partial charge in [0.15, 0.2) is 12.6 Å². The zero-order chi connectivity index (χ0) is 14.1. The van der Waals surface area contributed by atoms with Gasteiger partial charge in [-0.3, -0.25) is 0 Å². The van der Waals surface area contributed by atoms with Gasteiger partial charge in [0.1, 0.15) is 0 Å². The average molecular weight is 286 g/mol. The van der Waals surface area contributed by atoms with Gasteiger partial charge < -0.3 is 0 Å². The standard InChI is InChI=1S/C15H28NO2S/c1-3-5-7-9-14-11-12-15(10-8-6-4-2)16(13-14)19(17)18/h11,15H,3-10,12-13H2,1-2H3/q+1. The molecule has 0 spiro atoms. The molecule has 0 amide bonds. The van der Waals surface area contributed by atoms with Crippen molar-refractivity contribution in [1.82, 2.24) is 0 Å². The van der Waals surface area contributed by atoms with E-state index in [0.717, 1.165) is 25.7 Å². The highest BCUT2D eigenvalue weighted by molar-refractivity contribution is 7.58. The van der Waals surface area contributed by atoms with Gasteiger partial charge in [-0.05, 0) is 24.8 Å². The first kappa shape index (κ1) is 16.4. The maximum atomic E-state index is 11.4. The Morgan fingerprint density at radius 1 is 1.16 bits per heavy atom. The Morgan fingerprint density at radius 2 is 1.84 bits per heavy atom. The van der Waals surface area contributed by atoms with Crippen LogP contribution >= 0.6 is 0 Å². The van der Waals surface area contributed by atoms with Gasteiger partial charge in [0, 0.05) is 12.8 Å². The first-order valence-corrected chi connectivity index (χ1v) is 8.76. The van der Waals surface area contributed by atoms with Crippen LogP contribution in [0.3, 0.4) is 0 Å². The van der Waals surface area contributed by atoms with Gasteiger partial charge >= 0.3 is 10.5 Å². The molecule has 1 aliphatic rings. The summed E-state index contributed by atoms with van der Waals surface area (Å²) in [7, 11) is -2.07. The molecule has 0 saturated heterocycles. The minimum Gasteiger partial charge on any atom is -0.122 e. The number of nitrogens with zero attached hydrogens (tertiary/aromatic N) is 1. The SMILES string of the molecule is CCCCCC1=CCC(CCCCC)[N+](=S(=O)=O)C1. The fourth-order valence-corrected chi connectivity index (χ4v) is 3.37. The van der Waals surface area contributed by atoms with Crippen molar-refractivity contribution < 1.29 is 12.4 Å². The molecule has 0 aromatic carbocycles. The van der Waals surface area contributed by atoms with E-state index in [4.69, 9.17) is 0 Å². The van der Waals surface area contributed by atoms with Gasteiger partial charge in [-0.2, -0.15) is 0 Å². The highest BCUT2D eigenvalue weighted by Gasteiger charge is 2.27. The molecule has 1 heterocycles. The fourth-order valence-electron chi connectivity index (χ4n) is 2.66. The summed E-state index contributed by atoms with van der Waals surface area (Å²) in [6.45, 7) is 4.99. The topological polar surface area (TPSA) is 37.1 Å². The van der Waals surface area contributed by atoms with E-state index in [1.54, 1.807) is 3.95 Å². The smallest absolute Gasteiger partial charge is 0.122 e.